The molecule has 0 saturated carbocycles. The molecule has 0 aliphatic carbocycles. The summed E-state index contributed by atoms with van der Waals surface area (Å²) in [5.74, 6) is -2.47. The Bertz CT molecular complexity index is 578. The van der Waals surface area contributed by atoms with Gasteiger partial charge in [-0.1, -0.05) is 0 Å². The summed E-state index contributed by atoms with van der Waals surface area (Å²) in [6.45, 7) is 0.516. The van der Waals surface area contributed by atoms with Crippen LogP contribution >= 0.6 is 0 Å². The first-order chi connectivity index (χ1) is 9.36. The molecule has 0 unspecified atom stereocenters. The van der Waals surface area contributed by atoms with Crippen LogP contribution in [0.1, 0.15) is 10.4 Å². The highest BCUT2D eigenvalue weighted by atomic mass is 32.2. The SMILES string of the molecule is COCCNC(=O)CS(=O)(=O)c1ccc(C(=O)O)cc1. The van der Waals surface area contributed by atoms with Gasteiger partial charge in [-0.25, -0.2) is 13.2 Å². The normalized spacial score (nSPS) is 11.1. The topological polar surface area (TPSA) is 110 Å². The Morgan fingerprint density at radius 3 is 2.35 bits per heavy atom. The zero-order chi connectivity index (χ0) is 15.2. The van der Waals surface area contributed by atoms with Gasteiger partial charge in [0.25, 0.3) is 0 Å². The molecule has 1 aromatic rings. The lowest BCUT2D eigenvalue weighted by molar-refractivity contribution is -0.118. The van der Waals surface area contributed by atoms with Crippen LogP contribution in [0.3, 0.4) is 0 Å². The van der Waals surface area contributed by atoms with Crippen LogP contribution in [0.2, 0.25) is 0 Å². The average molecular weight is 301 g/mol. The summed E-state index contributed by atoms with van der Waals surface area (Å²) < 4.78 is 28.6. The van der Waals surface area contributed by atoms with Crippen LogP contribution in [0.15, 0.2) is 29.2 Å². The van der Waals surface area contributed by atoms with Crippen molar-refractivity contribution in [2.24, 2.45) is 0 Å². The van der Waals surface area contributed by atoms with Crippen LogP contribution in [-0.2, 0) is 19.4 Å². The van der Waals surface area contributed by atoms with E-state index >= 15 is 0 Å². The van der Waals surface area contributed by atoms with Gasteiger partial charge in [-0.3, -0.25) is 4.79 Å². The van der Waals surface area contributed by atoms with E-state index in [1.807, 2.05) is 0 Å². The van der Waals surface area contributed by atoms with Crippen molar-refractivity contribution in [1.82, 2.24) is 5.32 Å². The molecule has 0 spiro atoms. The summed E-state index contributed by atoms with van der Waals surface area (Å²) in [6.07, 6.45) is 0. The molecule has 7 nitrogen and oxygen atoms in total. The predicted octanol–water partition coefficient (Wildman–Crippen LogP) is -0.0789. The summed E-state index contributed by atoms with van der Waals surface area (Å²) in [7, 11) is -2.32. The van der Waals surface area contributed by atoms with Crippen molar-refractivity contribution in [3.8, 4) is 0 Å². The van der Waals surface area contributed by atoms with Crippen LogP contribution in [-0.4, -0.2) is 51.4 Å². The lowest BCUT2D eigenvalue weighted by atomic mass is 10.2. The number of carbonyl (C=O) groups excluding carboxylic acids is 1. The number of methoxy groups -OCH3 is 1. The molecule has 0 atom stereocenters. The summed E-state index contributed by atoms with van der Waals surface area (Å²) in [5, 5.41) is 11.1. The Hall–Kier alpha value is -1.93. The van der Waals surface area contributed by atoms with Crippen LogP contribution in [0.25, 0.3) is 0 Å². The smallest absolute Gasteiger partial charge is 0.335 e. The first-order valence-electron chi connectivity index (χ1n) is 5.68. The van der Waals surface area contributed by atoms with E-state index in [2.05, 4.69) is 5.32 Å². The van der Waals surface area contributed by atoms with Gasteiger partial charge < -0.3 is 15.2 Å². The molecule has 0 heterocycles. The standard InChI is InChI=1S/C12H15NO6S/c1-19-7-6-13-11(14)8-20(17,18)10-4-2-9(3-5-10)12(15)16/h2-5H,6-8H2,1H3,(H,13,14)(H,15,16). The van der Waals surface area contributed by atoms with E-state index in [0.717, 1.165) is 0 Å². The van der Waals surface area contributed by atoms with Crippen molar-refractivity contribution in [2.75, 3.05) is 26.0 Å². The maximum atomic E-state index is 11.9. The Balaban J connectivity index is 2.73. The third kappa shape index (κ3) is 4.63. The summed E-state index contributed by atoms with van der Waals surface area (Å²) in [4.78, 5) is 22.0. The van der Waals surface area contributed by atoms with Gasteiger partial charge in [-0.15, -0.1) is 0 Å². The zero-order valence-electron chi connectivity index (χ0n) is 10.8. The lowest BCUT2D eigenvalue weighted by Crippen LogP contribution is -2.32. The predicted molar refractivity (Wildman–Crippen MR) is 70.3 cm³/mol. The summed E-state index contributed by atoms with van der Waals surface area (Å²) in [6, 6.07) is 4.69. The van der Waals surface area contributed by atoms with Crippen molar-refractivity contribution >= 4 is 21.7 Å². The van der Waals surface area contributed by atoms with Crippen LogP contribution in [0.4, 0.5) is 0 Å². The second-order valence-electron chi connectivity index (χ2n) is 3.93. The highest BCUT2D eigenvalue weighted by Crippen LogP contribution is 2.12. The number of ether oxygens (including phenoxy) is 1. The minimum absolute atomic E-state index is 0.0199. The molecule has 0 radical (unpaired) electrons. The molecule has 0 bridgehead atoms. The molecule has 0 aliphatic rings. The van der Waals surface area contributed by atoms with Crippen molar-refractivity contribution in [2.45, 2.75) is 4.90 Å². The van der Waals surface area contributed by atoms with Gasteiger partial charge in [0.2, 0.25) is 5.91 Å². The molecule has 0 fully saturated rings. The minimum atomic E-state index is -3.78. The van der Waals surface area contributed by atoms with Crippen molar-refractivity contribution in [1.29, 1.82) is 0 Å². The van der Waals surface area contributed by atoms with E-state index in [4.69, 9.17) is 9.84 Å². The molecule has 0 aliphatic heterocycles. The van der Waals surface area contributed by atoms with Gasteiger partial charge in [0.15, 0.2) is 9.84 Å². The van der Waals surface area contributed by atoms with Gasteiger partial charge in [-0.2, -0.15) is 0 Å². The number of hydrogen-bond donors (Lipinski definition) is 2. The number of amides is 1. The van der Waals surface area contributed by atoms with E-state index in [0.29, 0.717) is 6.61 Å². The van der Waals surface area contributed by atoms with Crippen molar-refractivity contribution < 1.29 is 27.9 Å². The van der Waals surface area contributed by atoms with Crippen LogP contribution in [0.5, 0.6) is 0 Å². The monoisotopic (exact) mass is 301 g/mol. The molecule has 0 saturated heterocycles. The first-order valence-corrected chi connectivity index (χ1v) is 7.34. The van der Waals surface area contributed by atoms with Crippen LogP contribution < -0.4 is 5.32 Å². The number of carboxylic acids is 1. The molecule has 110 valence electrons. The van der Waals surface area contributed by atoms with Gasteiger partial charge in [0.1, 0.15) is 5.75 Å². The second-order valence-corrected chi connectivity index (χ2v) is 5.92. The Kier molecular flexibility index (Phi) is 5.66. The Labute approximate surface area is 116 Å². The van der Waals surface area contributed by atoms with E-state index < -0.39 is 27.5 Å². The van der Waals surface area contributed by atoms with E-state index in [9.17, 15) is 18.0 Å². The number of benzene rings is 1. The molecule has 1 amide bonds. The molecule has 8 heteroatoms. The quantitative estimate of drug-likeness (QED) is 0.682. The largest absolute Gasteiger partial charge is 0.478 e. The molecule has 1 rings (SSSR count). The molecular formula is C12H15NO6S. The summed E-state index contributed by atoms with van der Waals surface area (Å²) >= 11 is 0. The van der Waals surface area contributed by atoms with Crippen molar-refractivity contribution in [3.05, 3.63) is 29.8 Å². The number of rotatable bonds is 7. The average Bonchev–Trinajstić information content (AvgIpc) is 2.38. The fourth-order valence-electron chi connectivity index (χ4n) is 1.40. The first kappa shape index (κ1) is 16.1. The van der Waals surface area contributed by atoms with E-state index in [1.165, 1.54) is 31.4 Å². The number of aromatic carboxylic acids is 1. The number of carbonyl (C=O) groups is 2. The van der Waals surface area contributed by atoms with Gasteiger partial charge >= 0.3 is 5.97 Å². The maximum absolute atomic E-state index is 11.9. The third-order valence-corrected chi connectivity index (χ3v) is 4.04. The van der Waals surface area contributed by atoms with E-state index in [1.54, 1.807) is 0 Å². The number of carboxylic acid groups (broad SMARTS) is 1. The third-order valence-electron chi connectivity index (χ3n) is 2.41. The maximum Gasteiger partial charge on any atom is 0.335 e. The fraction of sp³-hybridized carbons (Fsp3) is 0.333. The van der Waals surface area contributed by atoms with Crippen molar-refractivity contribution in [3.63, 3.8) is 0 Å². The molecular weight excluding hydrogens is 286 g/mol. The van der Waals surface area contributed by atoms with Crippen LogP contribution in [0, 0.1) is 0 Å². The Morgan fingerprint density at radius 1 is 1.25 bits per heavy atom. The number of nitrogens with one attached hydrogen (secondary N) is 1. The number of sulfone groups is 1. The zero-order valence-corrected chi connectivity index (χ0v) is 11.6. The highest BCUT2D eigenvalue weighted by Gasteiger charge is 2.19. The van der Waals surface area contributed by atoms with E-state index in [-0.39, 0.29) is 17.0 Å². The molecule has 2 N–H and O–H groups in total. The van der Waals surface area contributed by atoms with Gasteiger partial charge in [-0.05, 0) is 24.3 Å². The molecule has 0 aromatic heterocycles. The second kappa shape index (κ2) is 7.01. The molecule has 1 aromatic carbocycles. The lowest BCUT2D eigenvalue weighted by Gasteiger charge is -2.06. The Morgan fingerprint density at radius 2 is 1.85 bits per heavy atom. The summed E-state index contributed by atoms with van der Waals surface area (Å²) in [5.41, 5.74) is -0.0199. The number of hydrogen-bond acceptors (Lipinski definition) is 5. The van der Waals surface area contributed by atoms with Gasteiger partial charge in [0.05, 0.1) is 17.1 Å². The highest BCUT2D eigenvalue weighted by molar-refractivity contribution is 7.92. The molecule has 20 heavy (non-hydrogen) atoms. The minimum Gasteiger partial charge on any atom is -0.478 e. The fourth-order valence-corrected chi connectivity index (χ4v) is 2.57. The van der Waals surface area contributed by atoms with Gasteiger partial charge in [0, 0.05) is 13.7 Å².